The molecule has 1 aliphatic rings. The van der Waals surface area contributed by atoms with Gasteiger partial charge >= 0.3 is 7.25 Å². The van der Waals surface area contributed by atoms with Gasteiger partial charge in [-0.3, -0.25) is 0 Å². The Bertz CT molecular complexity index is 656. The lowest BCUT2D eigenvalue weighted by Crippen LogP contribution is -2.06. The number of benzene rings is 1. The topological polar surface area (TPSA) is 26.8 Å². The molecular formula is C19H25BF4N2. The molecule has 0 saturated carbocycles. The van der Waals surface area contributed by atoms with Crippen molar-refractivity contribution in [3.8, 4) is 6.07 Å². The summed E-state index contributed by atoms with van der Waals surface area (Å²) in [7, 11) is -6.00. The molecule has 0 bridgehead atoms. The van der Waals surface area contributed by atoms with Crippen LogP contribution in [-0.4, -0.2) is 18.0 Å². The van der Waals surface area contributed by atoms with Crippen molar-refractivity contribution in [2.45, 2.75) is 52.0 Å². The molecule has 0 radical (unpaired) electrons. The summed E-state index contributed by atoms with van der Waals surface area (Å²) >= 11 is 0. The molecule has 1 heterocycles. The fourth-order valence-electron chi connectivity index (χ4n) is 2.70. The molecule has 0 amide bonds. The minimum absolute atomic E-state index is 0.496. The fourth-order valence-corrected chi connectivity index (χ4v) is 2.70. The lowest BCUT2D eigenvalue weighted by molar-refractivity contribution is -0.467. The van der Waals surface area contributed by atoms with Crippen molar-refractivity contribution in [3.05, 3.63) is 47.7 Å². The van der Waals surface area contributed by atoms with Gasteiger partial charge in [0.1, 0.15) is 0 Å². The van der Waals surface area contributed by atoms with Crippen LogP contribution in [0.1, 0.15) is 56.6 Å². The molecule has 1 aromatic rings. The van der Waals surface area contributed by atoms with Gasteiger partial charge in [0.25, 0.3) is 0 Å². The fraction of sp³-hybridized carbons (Fsp3) is 0.474. The highest BCUT2D eigenvalue weighted by Crippen LogP contribution is 2.20. The van der Waals surface area contributed by atoms with Crippen LogP contribution in [0.4, 0.5) is 17.3 Å². The summed E-state index contributed by atoms with van der Waals surface area (Å²) in [5.41, 5.74) is 2.80. The molecule has 2 atom stereocenters. The van der Waals surface area contributed by atoms with Crippen LogP contribution in [0.2, 0.25) is 0 Å². The average Bonchev–Trinajstić information content (AvgIpc) is 3.00. The van der Waals surface area contributed by atoms with Gasteiger partial charge in [0.15, 0.2) is 19.0 Å². The summed E-state index contributed by atoms with van der Waals surface area (Å²) in [6.45, 7) is 5.46. The maximum Gasteiger partial charge on any atom is 0.673 e. The smallest absolute Gasteiger partial charge is 0.418 e. The van der Waals surface area contributed by atoms with Crippen LogP contribution in [0, 0.1) is 17.2 Å². The zero-order chi connectivity index (χ0) is 19.6. The van der Waals surface area contributed by atoms with Crippen molar-refractivity contribution in [3.63, 3.8) is 0 Å². The Morgan fingerprint density at radius 1 is 1.27 bits per heavy atom. The van der Waals surface area contributed by atoms with Crippen LogP contribution in [0.25, 0.3) is 0 Å². The van der Waals surface area contributed by atoms with E-state index in [9.17, 15) is 17.3 Å². The molecular weight excluding hydrogens is 343 g/mol. The molecule has 0 saturated heterocycles. The van der Waals surface area contributed by atoms with Crippen LogP contribution >= 0.6 is 0 Å². The highest BCUT2D eigenvalue weighted by Gasteiger charge is 2.20. The number of rotatable bonds is 7. The SMILES string of the molecule is CCC(C)c1cccc(C[N+]2=CC(CCCC#N)C=C2)c1.F[B-](F)(F)F. The summed E-state index contributed by atoms with van der Waals surface area (Å²) in [4.78, 5) is 0. The summed E-state index contributed by atoms with van der Waals surface area (Å²) in [6, 6.07) is 11.1. The molecule has 2 nitrogen and oxygen atoms in total. The Labute approximate surface area is 153 Å². The van der Waals surface area contributed by atoms with E-state index >= 15 is 0 Å². The van der Waals surface area contributed by atoms with E-state index in [0.29, 0.717) is 18.3 Å². The second kappa shape index (κ2) is 10.8. The summed E-state index contributed by atoms with van der Waals surface area (Å²) in [6.07, 6.45) is 10.6. The van der Waals surface area contributed by atoms with Crippen LogP contribution in [-0.2, 0) is 6.54 Å². The van der Waals surface area contributed by atoms with Crippen LogP contribution in [0.3, 0.4) is 0 Å². The van der Waals surface area contributed by atoms with Crippen LogP contribution < -0.4 is 0 Å². The quantitative estimate of drug-likeness (QED) is 0.254. The average molecular weight is 368 g/mol. The van der Waals surface area contributed by atoms with E-state index in [1.807, 2.05) is 0 Å². The lowest BCUT2D eigenvalue weighted by atomic mass is 9.97. The first-order valence-electron chi connectivity index (χ1n) is 8.85. The van der Waals surface area contributed by atoms with Gasteiger partial charge in [-0.05, 0) is 42.9 Å². The standard InChI is InChI=1S/C19H25N2.BF4/c1-3-16(2)19-9-6-8-18(13-19)15-21-12-10-17(14-21)7-4-5-11-20;2-1(3,4)5/h6,8-10,12-14,16-17H,3-5,7,15H2,1-2H3;/q+1;-1. The van der Waals surface area contributed by atoms with Crippen molar-refractivity contribution in [2.24, 2.45) is 5.92 Å². The van der Waals surface area contributed by atoms with E-state index in [0.717, 1.165) is 19.4 Å². The minimum Gasteiger partial charge on any atom is -0.418 e. The Balaban J connectivity index is 0.000000597. The first kappa shape index (κ1) is 21.9. The van der Waals surface area contributed by atoms with Gasteiger partial charge in [-0.15, -0.1) is 0 Å². The largest absolute Gasteiger partial charge is 0.673 e. The third-order valence-corrected chi connectivity index (χ3v) is 4.23. The molecule has 142 valence electrons. The lowest BCUT2D eigenvalue weighted by Gasteiger charge is -2.09. The number of hydrogen-bond donors (Lipinski definition) is 0. The number of hydrogen-bond acceptors (Lipinski definition) is 1. The minimum atomic E-state index is -6.00. The molecule has 0 aliphatic carbocycles. The molecule has 2 rings (SSSR count). The van der Waals surface area contributed by atoms with Gasteiger partial charge in [0.2, 0.25) is 0 Å². The van der Waals surface area contributed by atoms with Crippen molar-refractivity contribution < 1.29 is 21.8 Å². The zero-order valence-corrected chi connectivity index (χ0v) is 15.2. The highest BCUT2D eigenvalue weighted by molar-refractivity contribution is 6.50. The Morgan fingerprint density at radius 2 is 1.96 bits per heavy atom. The highest BCUT2D eigenvalue weighted by atomic mass is 19.5. The van der Waals surface area contributed by atoms with E-state index in [1.54, 1.807) is 0 Å². The molecule has 0 fully saturated rings. The summed E-state index contributed by atoms with van der Waals surface area (Å²) in [5, 5.41) is 8.59. The predicted octanol–water partition coefficient (Wildman–Crippen LogP) is 5.92. The molecule has 26 heavy (non-hydrogen) atoms. The maximum absolute atomic E-state index is 9.75. The van der Waals surface area contributed by atoms with Crippen molar-refractivity contribution in [2.75, 3.05) is 0 Å². The van der Waals surface area contributed by atoms with E-state index in [2.05, 4.69) is 67.2 Å². The third-order valence-electron chi connectivity index (χ3n) is 4.23. The molecule has 0 spiro atoms. The van der Waals surface area contributed by atoms with Crippen molar-refractivity contribution >= 4 is 13.5 Å². The van der Waals surface area contributed by atoms with Crippen LogP contribution in [0.5, 0.6) is 0 Å². The first-order valence-corrected chi connectivity index (χ1v) is 8.85. The van der Waals surface area contributed by atoms with Crippen molar-refractivity contribution in [1.82, 2.24) is 0 Å². The summed E-state index contributed by atoms with van der Waals surface area (Å²) in [5.74, 6) is 1.12. The van der Waals surface area contributed by atoms with Gasteiger partial charge in [-0.1, -0.05) is 32.0 Å². The van der Waals surface area contributed by atoms with E-state index in [4.69, 9.17) is 5.26 Å². The van der Waals surface area contributed by atoms with E-state index < -0.39 is 7.25 Å². The van der Waals surface area contributed by atoms with Gasteiger partial charge in [0.05, 0.1) is 12.0 Å². The Morgan fingerprint density at radius 3 is 2.58 bits per heavy atom. The number of allylic oxidation sites excluding steroid dienone is 1. The Kier molecular flexibility index (Phi) is 9.11. The van der Waals surface area contributed by atoms with Crippen molar-refractivity contribution in [1.29, 1.82) is 5.26 Å². The second-order valence-corrected chi connectivity index (χ2v) is 6.43. The molecule has 0 N–H and O–H groups in total. The number of nitriles is 1. The normalized spacial score (nSPS) is 17.1. The second-order valence-electron chi connectivity index (χ2n) is 6.43. The Hall–Kier alpha value is -2.10. The number of unbranched alkanes of at least 4 members (excludes halogenated alkanes) is 1. The molecule has 1 aromatic carbocycles. The predicted molar refractivity (Wildman–Crippen MR) is 97.5 cm³/mol. The first-order chi connectivity index (χ1) is 12.2. The van der Waals surface area contributed by atoms with E-state index in [-0.39, 0.29) is 0 Å². The molecule has 2 unspecified atom stereocenters. The third kappa shape index (κ3) is 9.40. The maximum atomic E-state index is 9.75. The van der Waals surface area contributed by atoms with Crippen LogP contribution in [0.15, 0.2) is 36.5 Å². The number of halogens is 4. The summed E-state index contributed by atoms with van der Waals surface area (Å²) < 4.78 is 41.3. The zero-order valence-electron chi connectivity index (χ0n) is 15.2. The molecule has 1 aliphatic heterocycles. The van der Waals surface area contributed by atoms with Gasteiger partial charge in [-0.25, -0.2) is 4.58 Å². The molecule has 0 aromatic heterocycles. The van der Waals surface area contributed by atoms with E-state index in [1.165, 1.54) is 17.5 Å². The van der Waals surface area contributed by atoms with Gasteiger partial charge in [0, 0.05) is 12.0 Å². The molecule has 7 heteroatoms. The number of nitrogens with zero attached hydrogens (tertiary/aromatic N) is 2. The van der Waals surface area contributed by atoms with Gasteiger partial charge < -0.3 is 17.3 Å². The van der Waals surface area contributed by atoms with Gasteiger partial charge in [-0.2, -0.15) is 5.26 Å². The monoisotopic (exact) mass is 368 g/mol.